The van der Waals surface area contributed by atoms with Crippen molar-refractivity contribution < 1.29 is 4.79 Å². The van der Waals surface area contributed by atoms with Crippen molar-refractivity contribution in [2.45, 2.75) is 26.9 Å². The molecule has 0 radical (unpaired) electrons. The molecule has 0 unspecified atom stereocenters. The Kier molecular flexibility index (Phi) is 4.55. The molecule has 1 aliphatic heterocycles. The fourth-order valence-corrected chi connectivity index (χ4v) is 4.31. The largest absolute Gasteiger partial charge is 0.348 e. The Morgan fingerprint density at radius 3 is 2.87 bits per heavy atom. The van der Waals surface area contributed by atoms with Crippen LogP contribution < -0.4 is 15.5 Å². The maximum atomic E-state index is 12.3. The van der Waals surface area contributed by atoms with Gasteiger partial charge in [0.1, 0.15) is 17.4 Å². The van der Waals surface area contributed by atoms with Gasteiger partial charge in [-0.2, -0.15) is 5.10 Å². The van der Waals surface area contributed by atoms with Gasteiger partial charge in [0.15, 0.2) is 10.9 Å². The van der Waals surface area contributed by atoms with E-state index in [1.165, 1.54) is 16.9 Å². The third kappa shape index (κ3) is 3.45. The lowest BCUT2D eigenvalue weighted by molar-refractivity contribution is 0.262. The third-order valence-electron chi connectivity index (χ3n) is 5.18. The molecule has 4 heterocycles. The van der Waals surface area contributed by atoms with Gasteiger partial charge in [-0.1, -0.05) is 17.4 Å². The summed E-state index contributed by atoms with van der Waals surface area (Å²) in [7, 11) is 0. The van der Waals surface area contributed by atoms with Crippen LogP contribution in [0.2, 0.25) is 0 Å². The Labute approximate surface area is 176 Å². The van der Waals surface area contributed by atoms with Gasteiger partial charge in [0.2, 0.25) is 0 Å². The van der Waals surface area contributed by atoms with E-state index in [1.54, 1.807) is 18.7 Å². The van der Waals surface area contributed by atoms with Crippen LogP contribution in [0.3, 0.4) is 0 Å². The van der Waals surface area contributed by atoms with Gasteiger partial charge in [0.25, 0.3) is 0 Å². The molecule has 2 N–H and O–H groups in total. The van der Waals surface area contributed by atoms with Crippen molar-refractivity contribution in [3.63, 3.8) is 0 Å². The maximum Gasteiger partial charge on any atom is 0.325 e. The first kappa shape index (κ1) is 18.5. The molecule has 152 valence electrons. The standard InChI is InChI=1S/C20H20N8OS/c1-12-3-4-14(7-13(12)2)25-19(29)26-20-21-8-15(30-20)10-27-5-6-28-17-16(9-24-28)22-11-23-18(17)27/h3-4,7-9,11H,5-6,10H2,1-2H3,(H2,21,25,26,29). The third-order valence-corrected chi connectivity index (χ3v) is 6.07. The Bertz CT molecular complexity index is 1250. The lowest BCUT2D eigenvalue weighted by Crippen LogP contribution is -2.32. The number of anilines is 3. The van der Waals surface area contributed by atoms with E-state index in [-0.39, 0.29) is 6.03 Å². The minimum Gasteiger partial charge on any atom is -0.348 e. The Morgan fingerprint density at radius 2 is 2.00 bits per heavy atom. The molecule has 3 aromatic heterocycles. The molecule has 0 aliphatic carbocycles. The second-order valence-corrected chi connectivity index (χ2v) is 8.35. The van der Waals surface area contributed by atoms with E-state index in [1.807, 2.05) is 36.7 Å². The number of rotatable bonds is 4. The molecular formula is C20H20N8OS. The zero-order chi connectivity index (χ0) is 20.7. The van der Waals surface area contributed by atoms with Crippen molar-refractivity contribution in [1.82, 2.24) is 24.7 Å². The number of hydrogen-bond acceptors (Lipinski definition) is 7. The van der Waals surface area contributed by atoms with E-state index >= 15 is 0 Å². The SMILES string of the molecule is Cc1ccc(NC(=O)Nc2ncc(CN3CCn4ncc5ncnc3c54)s2)cc1C. The minimum absolute atomic E-state index is 0.307. The predicted molar refractivity (Wildman–Crippen MR) is 117 cm³/mol. The highest BCUT2D eigenvalue weighted by Crippen LogP contribution is 2.29. The van der Waals surface area contributed by atoms with E-state index in [2.05, 4.69) is 35.6 Å². The summed E-state index contributed by atoms with van der Waals surface area (Å²) in [5.41, 5.74) is 4.88. The summed E-state index contributed by atoms with van der Waals surface area (Å²) in [4.78, 5) is 28.6. The van der Waals surface area contributed by atoms with Gasteiger partial charge >= 0.3 is 6.03 Å². The van der Waals surface area contributed by atoms with Gasteiger partial charge in [-0.15, -0.1) is 0 Å². The highest BCUT2D eigenvalue weighted by atomic mass is 32.1. The van der Waals surface area contributed by atoms with Crippen LogP contribution >= 0.6 is 11.3 Å². The fourth-order valence-electron chi connectivity index (χ4n) is 3.49. The first-order chi connectivity index (χ1) is 14.6. The molecule has 0 fully saturated rings. The van der Waals surface area contributed by atoms with E-state index < -0.39 is 0 Å². The Hall–Kier alpha value is -3.53. The molecule has 5 rings (SSSR count). The van der Waals surface area contributed by atoms with Gasteiger partial charge in [0, 0.05) is 23.3 Å². The molecular weight excluding hydrogens is 400 g/mol. The van der Waals surface area contributed by atoms with Crippen LogP contribution in [-0.2, 0) is 13.1 Å². The second-order valence-electron chi connectivity index (χ2n) is 7.23. The highest BCUT2D eigenvalue weighted by Gasteiger charge is 2.22. The van der Waals surface area contributed by atoms with Crippen LogP contribution in [0, 0.1) is 13.8 Å². The summed E-state index contributed by atoms with van der Waals surface area (Å²) in [6.07, 6.45) is 5.13. The van der Waals surface area contributed by atoms with Gasteiger partial charge in [-0.25, -0.2) is 19.7 Å². The molecule has 0 bridgehead atoms. The van der Waals surface area contributed by atoms with E-state index in [9.17, 15) is 4.79 Å². The van der Waals surface area contributed by atoms with E-state index in [0.717, 1.165) is 46.1 Å². The lowest BCUT2D eigenvalue weighted by Gasteiger charge is -2.27. The zero-order valence-corrected chi connectivity index (χ0v) is 17.4. The Balaban J connectivity index is 1.26. The quantitative estimate of drug-likeness (QED) is 0.523. The zero-order valence-electron chi connectivity index (χ0n) is 16.6. The summed E-state index contributed by atoms with van der Waals surface area (Å²) < 4.78 is 1.94. The topological polar surface area (TPSA) is 101 Å². The monoisotopic (exact) mass is 420 g/mol. The van der Waals surface area contributed by atoms with Crippen molar-refractivity contribution >= 4 is 45.0 Å². The molecule has 1 aliphatic rings. The van der Waals surface area contributed by atoms with Crippen molar-refractivity contribution in [3.05, 3.63) is 52.9 Å². The second kappa shape index (κ2) is 7.38. The molecule has 1 aromatic carbocycles. The number of aromatic nitrogens is 5. The van der Waals surface area contributed by atoms with Crippen molar-refractivity contribution in [3.8, 4) is 0 Å². The van der Waals surface area contributed by atoms with Gasteiger partial charge in [-0.3, -0.25) is 10.00 Å². The molecule has 10 heteroatoms. The number of urea groups is 1. The van der Waals surface area contributed by atoms with E-state index in [4.69, 9.17) is 0 Å². The first-order valence-electron chi connectivity index (χ1n) is 9.58. The van der Waals surface area contributed by atoms with Crippen molar-refractivity contribution in [2.24, 2.45) is 0 Å². The Morgan fingerprint density at radius 1 is 1.10 bits per heavy atom. The van der Waals surface area contributed by atoms with Crippen molar-refractivity contribution in [1.29, 1.82) is 0 Å². The summed E-state index contributed by atoms with van der Waals surface area (Å²) >= 11 is 1.45. The molecule has 9 nitrogen and oxygen atoms in total. The van der Waals surface area contributed by atoms with Crippen LogP contribution in [-0.4, -0.2) is 37.3 Å². The lowest BCUT2D eigenvalue weighted by atomic mass is 10.1. The molecule has 0 saturated carbocycles. The van der Waals surface area contributed by atoms with Crippen LogP contribution in [0.4, 0.5) is 21.4 Å². The normalized spacial score (nSPS) is 12.9. The predicted octanol–water partition coefficient (Wildman–Crippen LogP) is 3.56. The number of nitrogens with zero attached hydrogens (tertiary/aromatic N) is 6. The minimum atomic E-state index is -0.307. The number of hydrogen-bond donors (Lipinski definition) is 2. The van der Waals surface area contributed by atoms with Gasteiger partial charge < -0.3 is 10.2 Å². The highest BCUT2D eigenvalue weighted by molar-refractivity contribution is 7.15. The number of benzene rings is 1. The number of carbonyl (C=O) groups excluding carboxylic acids is 1. The van der Waals surface area contributed by atoms with Crippen LogP contribution in [0.15, 0.2) is 36.9 Å². The number of nitrogens with one attached hydrogen (secondary N) is 2. The van der Waals surface area contributed by atoms with Gasteiger partial charge in [-0.05, 0) is 37.1 Å². The smallest absolute Gasteiger partial charge is 0.325 e. The maximum absolute atomic E-state index is 12.3. The van der Waals surface area contributed by atoms with Crippen LogP contribution in [0.5, 0.6) is 0 Å². The first-order valence-corrected chi connectivity index (χ1v) is 10.4. The molecule has 0 atom stereocenters. The molecule has 0 spiro atoms. The van der Waals surface area contributed by atoms with Crippen LogP contribution in [0.25, 0.3) is 11.0 Å². The molecule has 0 saturated heterocycles. The van der Waals surface area contributed by atoms with Crippen LogP contribution in [0.1, 0.15) is 16.0 Å². The van der Waals surface area contributed by atoms with Crippen molar-refractivity contribution in [2.75, 3.05) is 22.1 Å². The summed E-state index contributed by atoms with van der Waals surface area (Å²) in [6, 6.07) is 5.52. The summed E-state index contributed by atoms with van der Waals surface area (Å²) in [5.74, 6) is 0.874. The number of aryl methyl sites for hydroxylation is 2. The number of amides is 2. The molecule has 2 amide bonds. The number of thiazole rings is 1. The van der Waals surface area contributed by atoms with Gasteiger partial charge in [0.05, 0.1) is 19.3 Å². The van der Waals surface area contributed by atoms with E-state index in [0.29, 0.717) is 11.7 Å². The number of carbonyl (C=O) groups is 1. The molecule has 4 aromatic rings. The summed E-state index contributed by atoms with van der Waals surface area (Å²) in [6.45, 7) is 6.31. The average molecular weight is 421 g/mol. The fraction of sp³-hybridized carbons (Fsp3) is 0.250. The molecule has 30 heavy (non-hydrogen) atoms. The summed E-state index contributed by atoms with van der Waals surface area (Å²) in [5, 5.41) is 10.6. The average Bonchev–Trinajstić information content (AvgIpc) is 3.35.